The predicted molar refractivity (Wildman–Crippen MR) is 73.6 cm³/mol. The summed E-state index contributed by atoms with van der Waals surface area (Å²) >= 11 is 0. The van der Waals surface area contributed by atoms with Crippen molar-refractivity contribution in [2.45, 2.75) is 63.3 Å². The molecule has 4 aliphatic rings. The third kappa shape index (κ3) is 1.92. The van der Waals surface area contributed by atoms with Crippen LogP contribution < -0.4 is 5.73 Å². The molecule has 1 atom stereocenters. The molecular formula is C15H24N4. The van der Waals surface area contributed by atoms with Gasteiger partial charge in [0.15, 0.2) is 5.82 Å². The molecule has 4 nitrogen and oxygen atoms in total. The van der Waals surface area contributed by atoms with E-state index in [2.05, 4.69) is 10.2 Å². The van der Waals surface area contributed by atoms with E-state index in [1.165, 1.54) is 38.5 Å². The van der Waals surface area contributed by atoms with Gasteiger partial charge in [-0.2, -0.15) is 5.10 Å². The van der Waals surface area contributed by atoms with E-state index in [0.717, 1.165) is 35.8 Å². The largest absolute Gasteiger partial charge is 0.328 e. The van der Waals surface area contributed by atoms with Crippen molar-refractivity contribution in [1.29, 1.82) is 0 Å². The Balaban J connectivity index is 1.62. The van der Waals surface area contributed by atoms with E-state index in [0.29, 0.717) is 5.41 Å². The number of hydrogen-bond donors (Lipinski definition) is 2. The summed E-state index contributed by atoms with van der Waals surface area (Å²) in [5, 5.41) is 7.69. The molecule has 5 rings (SSSR count). The standard InChI is InChI=1S/C15H24N4/c1-9(16)2-13-17-14(19-18-13)15-6-10-3-11(7-15)5-12(4-10)8-15/h9-12H,2-8,16H2,1H3,(H,17,18,19). The molecule has 1 heterocycles. The Morgan fingerprint density at radius 1 is 1.21 bits per heavy atom. The molecule has 0 aromatic carbocycles. The first-order valence-electron chi connectivity index (χ1n) is 7.80. The second-order valence-electron chi connectivity index (χ2n) is 7.49. The van der Waals surface area contributed by atoms with Crippen molar-refractivity contribution in [3.05, 3.63) is 11.6 Å². The fourth-order valence-electron chi connectivity index (χ4n) is 5.31. The number of nitrogens with zero attached hydrogens (tertiary/aromatic N) is 2. The van der Waals surface area contributed by atoms with E-state index in [1.807, 2.05) is 6.92 Å². The summed E-state index contributed by atoms with van der Waals surface area (Å²) in [4.78, 5) is 4.79. The summed E-state index contributed by atoms with van der Waals surface area (Å²) in [7, 11) is 0. The quantitative estimate of drug-likeness (QED) is 0.875. The third-order valence-electron chi connectivity index (χ3n) is 5.56. The topological polar surface area (TPSA) is 67.6 Å². The average Bonchev–Trinajstić information content (AvgIpc) is 2.75. The van der Waals surface area contributed by atoms with Crippen LogP contribution in [0.3, 0.4) is 0 Å². The van der Waals surface area contributed by atoms with E-state index in [9.17, 15) is 0 Å². The molecule has 1 aromatic heterocycles. The number of aromatic nitrogens is 3. The average molecular weight is 260 g/mol. The Labute approximate surface area is 114 Å². The highest BCUT2D eigenvalue weighted by atomic mass is 15.2. The Morgan fingerprint density at radius 3 is 2.32 bits per heavy atom. The molecular weight excluding hydrogens is 236 g/mol. The van der Waals surface area contributed by atoms with Crippen LogP contribution in [0.2, 0.25) is 0 Å². The molecule has 0 saturated heterocycles. The van der Waals surface area contributed by atoms with Crippen molar-refractivity contribution in [1.82, 2.24) is 15.2 Å². The monoisotopic (exact) mass is 260 g/mol. The minimum atomic E-state index is 0.150. The molecule has 4 bridgehead atoms. The maximum absolute atomic E-state index is 5.85. The van der Waals surface area contributed by atoms with Crippen LogP contribution in [0.1, 0.15) is 57.1 Å². The number of nitrogens with two attached hydrogens (primary N) is 1. The fraction of sp³-hybridized carbons (Fsp3) is 0.867. The van der Waals surface area contributed by atoms with Crippen LogP contribution in [0.15, 0.2) is 0 Å². The SMILES string of the molecule is CC(N)Cc1nc(C23CC4CC(CC(C4)C2)C3)n[nH]1. The Kier molecular flexibility index (Phi) is 2.53. The van der Waals surface area contributed by atoms with Crippen molar-refractivity contribution in [2.75, 3.05) is 0 Å². The highest BCUT2D eigenvalue weighted by Gasteiger charge is 2.53. The lowest BCUT2D eigenvalue weighted by Gasteiger charge is -2.55. The van der Waals surface area contributed by atoms with E-state index in [1.54, 1.807) is 0 Å². The lowest BCUT2D eigenvalue weighted by molar-refractivity contribution is -0.00925. The summed E-state index contributed by atoms with van der Waals surface area (Å²) in [5.74, 6) is 4.91. The van der Waals surface area contributed by atoms with E-state index in [4.69, 9.17) is 10.7 Å². The minimum Gasteiger partial charge on any atom is -0.328 e. The summed E-state index contributed by atoms with van der Waals surface area (Å²) < 4.78 is 0. The Morgan fingerprint density at radius 2 is 1.79 bits per heavy atom. The van der Waals surface area contributed by atoms with Gasteiger partial charge in [0.2, 0.25) is 0 Å². The second kappa shape index (κ2) is 4.05. The summed E-state index contributed by atoms with van der Waals surface area (Å²) in [5.41, 5.74) is 6.16. The summed E-state index contributed by atoms with van der Waals surface area (Å²) in [6, 6.07) is 0.150. The van der Waals surface area contributed by atoms with Gasteiger partial charge in [0.05, 0.1) is 0 Å². The van der Waals surface area contributed by atoms with Gasteiger partial charge in [-0.15, -0.1) is 0 Å². The molecule has 4 aliphatic carbocycles. The smallest absolute Gasteiger partial charge is 0.156 e. The fourth-order valence-corrected chi connectivity index (χ4v) is 5.31. The van der Waals surface area contributed by atoms with Crippen LogP contribution in [0, 0.1) is 17.8 Å². The zero-order valence-electron chi connectivity index (χ0n) is 11.7. The number of aromatic amines is 1. The first-order chi connectivity index (χ1) is 9.13. The lowest BCUT2D eigenvalue weighted by atomic mass is 9.49. The molecule has 0 aliphatic heterocycles. The maximum Gasteiger partial charge on any atom is 0.156 e. The van der Waals surface area contributed by atoms with Gasteiger partial charge >= 0.3 is 0 Å². The highest BCUT2D eigenvalue weighted by molar-refractivity contribution is 5.17. The molecule has 4 heteroatoms. The molecule has 3 N–H and O–H groups in total. The molecule has 1 unspecified atom stereocenters. The molecule has 0 amide bonds. The highest BCUT2D eigenvalue weighted by Crippen LogP contribution is 2.60. The van der Waals surface area contributed by atoms with Crippen molar-refractivity contribution in [3.8, 4) is 0 Å². The third-order valence-corrected chi connectivity index (χ3v) is 5.56. The first-order valence-corrected chi connectivity index (χ1v) is 7.80. The second-order valence-corrected chi connectivity index (χ2v) is 7.49. The molecule has 19 heavy (non-hydrogen) atoms. The Hall–Kier alpha value is -0.900. The van der Waals surface area contributed by atoms with Crippen molar-refractivity contribution < 1.29 is 0 Å². The van der Waals surface area contributed by atoms with Gasteiger partial charge in [0.25, 0.3) is 0 Å². The van der Waals surface area contributed by atoms with Crippen molar-refractivity contribution >= 4 is 0 Å². The van der Waals surface area contributed by atoms with Crippen LogP contribution in [0.5, 0.6) is 0 Å². The van der Waals surface area contributed by atoms with Crippen LogP contribution in [-0.4, -0.2) is 21.2 Å². The lowest BCUT2D eigenvalue weighted by Crippen LogP contribution is -2.49. The maximum atomic E-state index is 5.85. The van der Waals surface area contributed by atoms with Crippen LogP contribution in [0.25, 0.3) is 0 Å². The predicted octanol–water partition coefficient (Wildman–Crippen LogP) is 2.16. The minimum absolute atomic E-state index is 0.150. The summed E-state index contributed by atoms with van der Waals surface area (Å²) in [6.07, 6.45) is 9.19. The van der Waals surface area contributed by atoms with Gasteiger partial charge in [0, 0.05) is 17.9 Å². The summed E-state index contributed by atoms with van der Waals surface area (Å²) in [6.45, 7) is 2.02. The van der Waals surface area contributed by atoms with Gasteiger partial charge in [0.1, 0.15) is 5.82 Å². The molecule has 4 fully saturated rings. The number of hydrogen-bond acceptors (Lipinski definition) is 3. The Bertz CT molecular complexity index is 441. The van der Waals surface area contributed by atoms with E-state index >= 15 is 0 Å². The van der Waals surface area contributed by atoms with Gasteiger partial charge in [-0.25, -0.2) is 4.98 Å². The zero-order chi connectivity index (χ0) is 13.0. The normalized spacial score (nSPS) is 41.7. The molecule has 104 valence electrons. The molecule has 0 spiro atoms. The first kappa shape index (κ1) is 11.9. The number of rotatable bonds is 3. The van der Waals surface area contributed by atoms with Crippen molar-refractivity contribution in [2.24, 2.45) is 23.5 Å². The van der Waals surface area contributed by atoms with E-state index in [-0.39, 0.29) is 6.04 Å². The molecule has 4 saturated carbocycles. The molecule has 1 aromatic rings. The van der Waals surface area contributed by atoms with Gasteiger partial charge in [-0.1, -0.05) is 0 Å². The van der Waals surface area contributed by atoms with Crippen molar-refractivity contribution in [3.63, 3.8) is 0 Å². The van der Waals surface area contributed by atoms with Crippen LogP contribution in [0.4, 0.5) is 0 Å². The van der Waals surface area contributed by atoms with Gasteiger partial charge in [-0.05, 0) is 63.2 Å². The molecule has 0 radical (unpaired) electrons. The van der Waals surface area contributed by atoms with Gasteiger partial charge < -0.3 is 5.73 Å². The number of H-pyrrole nitrogens is 1. The zero-order valence-corrected chi connectivity index (χ0v) is 11.7. The van der Waals surface area contributed by atoms with Crippen LogP contribution >= 0.6 is 0 Å². The number of nitrogens with one attached hydrogen (secondary N) is 1. The van der Waals surface area contributed by atoms with Crippen LogP contribution in [-0.2, 0) is 11.8 Å². The van der Waals surface area contributed by atoms with E-state index < -0.39 is 0 Å². The van der Waals surface area contributed by atoms with Gasteiger partial charge in [-0.3, -0.25) is 5.10 Å².